The van der Waals surface area contributed by atoms with Gasteiger partial charge in [0.25, 0.3) is 0 Å². The number of aliphatic hydroxyl groups is 1. The molecule has 1 fully saturated rings. The molecule has 0 spiro atoms. The Labute approximate surface area is 127 Å². The first kappa shape index (κ1) is 14.8. The van der Waals surface area contributed by atoms with Crippen LogP contribution in [0.25, 0.3) is 0 Å². The zero-order valence-corrected chi connectivity index (χ0v) is 13.2. The summed E-state index contributed by atoms with van der Waals surface area (Å²) in [6.07, 6.45) is 4.57. The molecule has 1 aliphatic carbocycles. The predicted molar refractivity (Wildman–Crippen MR) is 86.7 cm³/mol. The summed E-state index contributed by atoms with van der Waals surface area (Å²) in [4.78, 5) is 2.79. The second-order valence-electron chi connectivity index (χ2n) is 4.88. The highest BCUT2D eigenvalue weighted by molar-refractivity contribution is 9.10. The predicted octanol–water partition coefficient (Wildman–Crippen LogP) is 2.82. The highest BCUT2D eigenvalue weighted by atomic mass is 79.9. The van der Waals surface area contributed by atoms with Gasteiger partial charge in [0.15, 0.2) is 0 Å². The highest BCUT2D eigenvalue weighted by Gasteiger charge is 2.25. The van der Waals surface area contributed by atoms with E-state index in [1.54, 1.807) is 0 Å². The van der Waals surface area contributed by atoms with E-state index in [-0.39, 0.29) is 6.61 Å². The molecule has 1 aliphatic rings. The minimum absolute atomic E-state index is 0.232. The molecule has 1 aromatic rings. The fraction of sp³-hybridized carbons (Fsp3) is 0.500. The van der Waals surface area contributed by atoms with Crippen molar-refractivity contribution in [3.05, 3.63) is 28.2 Å². The standard InChI is InChI=1S/C14H19BrN2OS/c15-13-9-11(5-6-12(13)14(16)19)17(7-2-8-18)10-3-1-4-10/h5-6,9-10,18H,1-4,7-8H2,(H2,16,19). The second kappa shape index (κ2) is 6.68. The van der Waals surface area contributed by atoms with Gasteiger partial charge in [0.05, 0.1) is 0 Å². The molecular weight excluding hydrogens is 324 g/mol. The first-order valence-electron chi connectivity index (χ1n) is 6.60. The van der Waals surface area contributed by atoms with Crippen LogP contribution in [0.3, 0.4) is 0 Å². The van der Waals surface area contributed by atoms with Crippen LogP contribution in [0.2, 0.25) is 0 Å². The van der Waals surface area contributed by atoms with Gasteiger partial charge in [-0.2, -0.15) is 0 Å². The lowest BCUT2D eigenvalue weighted by molar-refractivity contribution is 0.283. The monoisotopic (exact) mass is 342 g/mol. The maximum atomic E-state index is 9.04. The lowest BCUT2D eigenvalue weighted by Crippen LogP contribution is -2.41. The third kappa shape index (κ3) is 3.46. The van der Waals surface area contributed by atoms with Crippen molar-refractivity contribution >= 4 is 38.8 Å². The number of aliphatic hydroxyl groups excluding tert-OH is 1. The van der Waals surface area contributed by atoms with Gasteiger partial charge in [0, 0.05) is 34.9 Å². The van der Waals surface area contributed by atoms with Crippen LogP contribution >= 0.6 is 28.1 Å². The van der Waals surface area contributed by atoms with Crippen LogP contribution < -0.4 is 10.6 Å². The van der Waals surface area contributed by atoms with Crippen LogP contribution in [-0.2, 0) is 0 Å². The van der Waals surface area contributed by atoms with Crippen molar-refractivity contribution in [3.8, 4) is 0 Å². The summed E-state index contributed by atoms with van der Waals surface area (Å²) in [5.74, 6) is 0. The van der Waals surface area contributed by atoms with Crippen LogP contribution in [-0.4, -0.2) is 29.3 Å². The van der Waals surface area contributed by atoms with Crippen LogP contribution in [0, 0.1) is 0 Å². The highest BCUT2D eigenvalue weighted by Crippen LogP contribution is 2.32. The first-order valence-corrected chi connectivity index (χ1v) is 7.80. The van der Waals surface area contributed by atoms with Crippen molar-refractivity contribution in [2.45, 2.75) is 31.7 Å². The molecule has 0 amide bonds. The van der Waals surface area contributed by atoms with Crippen molar-refractivity contribution < 1.29 is 5.11 Å². The van der Waals surface area contributed by atoms with Crippen molar-refractivity contribution in [1.29, 1.82) is 0 Å². The molecule has 0 atom stereocenters. The number of thiocarbonyl (C=S) groups is 1. The number of anilines is 1. The average molecular weight is 343 g/mol. The van der Waals surface area contributed by atoms with Gasteiger partial charge < -0.3 is 15.7 Å². The van der Waals surface area contributed by atoms with E-state index in [9.17, 15) is 0 Å². The van der Waals surface area contributed by atoms with Gasteiger partial charge >= 0.3 is 0 Å². The van der Waals surface area contributed by atoms with E-state index in [1.807, 2.05) is 6.07 Å². The molecule has 3 N–H and O–H groups in total. The van der Waals surface area contributed by atoms with E-state index in [2.05, 4.69) is 33.0 Å². The van der Waals surface area contributed by atoms with Gasteiger partial charge in [-0.3, -0.25) is 0 Å². The fourth-order valence-corrected chi connectivity index (χ4v) is 3.23. The molecule has 1 saturated carbocycles. The molecule has 0 unspecified atom stereocenters. The summed E-state index contributed by atoms with van der Waals surface area (Å²) >= 11 is 8.54. The number of rotatable bonds is 6. The van der Waals surface area contributed by atoms with Gasteiger partial charge in [-0.05, 0) is 59.8 Å². The quantitative estimate of drug-likeness (QED) is 0.780. The Bertz CT molecular complexity index is 463. The van der Waals surface area contributed by atoms with Gasteiger partial charge in [-0.25, -0.2) is 0 Å². The molecule has 19 heavy (non-hydrogen) atoms. The number of hydrogen-bond acceptors (Lipinski definition) is 3. The normalized spacial score (nSPS) is 15.1. The fourth-order valence-electron chi connectivity index (χ4n) is 2.34. The summed E-state index contributed by atoms with van der Waals surface area (Å²) in [6.45, 7) is 1.12. The van der Waals surface area contributed by atoms with E-state index in [1.165, 1.54) is 24.9 Å². The van der Waals surface area contributed by atoms with Gasteiger partial charge in [0.2, 0.25) is 0 Å². The minimum Gasteiger partial charge on any atom is -0.396 e. The van der Waals surface area contributed by atoms with Crippen molar-refractivity contribution in [2.24, 2.45) is 5.73 Å². The lowest BCUT2D eigenvalue weighted by Gasteiger charge is -2.39. The summed E-state index contributed by atoms with van der Waals surface area (Å²) in [7, 11) is 0. The smallest absolute Gasteiger partial charge is 0.105 e. The number of halogens is 1. The molecule has 3 nitrogen and oxygen atoms in total. The van der Waals surface area contributed by atoms with Crippen LogP contribution in [0.5, 0.6) is 0 Å². The number of benzene rings is 1. The Kier molecular flexibility index (Phi) is 5.19. The van der Waals surface area contributed by atoms with Crippen LogP contribution in [0.15, 0.2) is 22.7 Å². The zero-order chi connectivity index (χ0) is 13.8. The average Bonchev–Trinajstić information content (AvgIpc) is 2.31. The molecule has 0 heterocycles. The molecule has 0 radical (unpaired) electrons. The van der Waals surface area contributed by atoms with Crippen LogP contribution in [0.1, 0.15) is 31.2 Å². The Balaban J connectivity index is 2.20. The third-order valence-electron chi connectivity index (χ3n) is 3.62. The zero-order valence-electron chi connectivity index (χ0n) is 10.8. The van der Waals surface area contributed by atoms with E-state index >= 15 is 0 Å². The van der Waals surface area contributed by atoms with Crippen molar-refractivity contribution in [2.75, 3.05) is 18.1 Å². The van der Waals surface area contributed by atoms with E-state index in [0.717, 1.165) is 23.0 Å². The molecular formula is C14H19BrN2OS. The van der Waals surface area contributed by atoms with Crippen LogP contribution in [0.4, 0.5) is 5.69 Å². The first-order chi connectivity index (χ1) is 9.13. The number of nitrogens with zero attached hydrogens (tertiary/aromatic N) is 1. The van der Waals surface area contributed by atoms with Crippen molar-refractivity contribution in [3.63, 3.8) is 0 Å². The summed E-state index contributed by atoms with van der Waals surface area (Å²) in [5, 5.41) is 9.04. The summed E-state index contributed by atoms with van der Waals surface area (Å²) in [5.41, 5.74) is 7.71. The largest absolute Gasteiger partial charge is 0.396 e. The Morgan fingerprint density at radius 2 is 2.21 bits per heavy atom. The Morgan fingerprint density at radius 3 is 2.68 bits per heavy atom. The molecule has 0 aromatic heterocycles. The molecule has 2 rings (SSSR count). The molecule has 0 aliphatic heterocycles. The maximum Gasteiger partial charge on any atom is 0.105 e. The maximum absolute atomic E-state index is 9.04. The molecule has 104 valence electrons. The third-order valence-corrected chi connectivity index (χ3v) is 4.50. The SMILES string of the molecule is NC(=S)c1ccc(N(CCCO)C2CCC2)cc1Br. The van der Waals surface area contributed by atoms with E-state index in [0.29, 0.717) is 11.0 Å². The molecule has 1 aromatic carbocycles. The van der Waals surface area contributed by atoms with Gasteiger partial charge in [-0.15, -0.1) is 0 Å². The van der Waals surface area contributed by atoms with Crippen molar-refractivity contribution in [1.82, 2.24) is 0 Å². The van der Waals surface area contributed by atoms with E-state index in [4.69, 9.17) is 23.1 Å². The Hall–Kier alpha value is -0.650. The van der Waals surface area contributed by atoms with E-state index < -0.39 is 0 Å². The van der Waals surface area contributed by atoms with Gasteiger partial charge in [0.1, 0.15) is 4.99 Å². The second-order valence-corrected chi connectivity index (χ2v) is 6.18. The summed E-state index contributed by atoms with van der Waals surface area (Å²) in [6, 6.07) is 6.71. The number of nitrogens with two attached hydrogens (primary N) is 1. The van der Waals surface area contributed by atoms with Gasteiger partial charge in [-0.1, -0.05) is 12.2 Å². The topological polar surface area (TPSA) is 49.5 Å². The Morgan fingerprint density at radius 1 is 1.47 bits per heavy atom. The molecule has 0 saturated heterocycles. The molecule has 5 heteroatoms. The summed E-state index contributed by atoms with van der Waals surface area (Å²) < 4.78 is 0.936. The number of hydrogen-bond donors (Lipinski definition) is 2. The minimum atomic E-state index is 0.232. The molecule has 0 bridgehead atoms. The lowest BCUT2D eigenvalue weighted by atomic mass is 9.91.